The number of unbranched alkanes of at least 4 members (excludes halogenated alkanes) is 6. The Hall–Kier alpha value is -1.77. The van der Waals surface area contributed by atoms with Crippen LogP contribution in [0.15, 0.2) is 30.5 Å². The molecule has 0 spiro atoms. The molecule has 0 heterocycles. The summed E-state index contributed by atoms with van der Waals surface area (Å²) in [6, 6.07) is 6.71. The minimum atomic E-state index is -0.182. The van der Waals surface area contributed by atoms with Crippen LogP contribution >= 0.6 is 0 Å². The average molecular weight is 290 g/mol. The van der Waals surface area contributed by atoms with Crippen molar-refractivity contribution >= 4 is 12.0 Å². The molecule has 0 atom stereocenters. The highest BCUT2D eigenvalue weighted by molar-refractivity contribution is 5.70. The number of benzene rings is 1. The predicted octanol–water partition coefficient (Wildman–Crippen LogP) is 5.05. The maximum atomic E-state index is 11.5. The Morgan fingerprint density at radius 1 is 1.05 bits per heavy atom. The molecule has 1 rings (SSSR count). The maximum absolute atomic E-state index is 11.5. The van der Waals surface area contributed by atoms with E-state index in [9.17, 15) is 4.79 Å². The minimum absolute atomic E-state index is 0.182. The summed E-state index contributed by atoms with van der Waals surface area (Å²) < 4.78 is 5.04. The summed E-state index contributed by atoms with van der Waals surface area (Å²) in [5.41, 5.74) is 0.886. The van der Waals surface area contributed by atoms with E-state index in [4.69, 9.17) is 9.84 Å². The summed E-state index contributed by atoms with van der Waals surface area (Å²) in [6.45, 7) is 2.21. The number of aromatic hydroxyl groups is 1. The van der Waals surface area contributed by atoms with E-state index in [1.807, 2.05) is 0 Å². The number of carbonyl (C=O) groups is 1. The highest BCUT2D eigenvalue weighted by Gasteiger charge is 2.00. The number of carbonyl (C=O) groups excluding carboxylic acids is 1. The summed E-state index contributed by atoms with van der Waals surface area (Å²) in [7, 11) is 0. The fourth-order valence-corrected chi connectivity index (χ4v) is 2.06. The number of phenols is 1. The van der Waals surface area contributed by atoms with Crippen LogP contribution in [0, 0.1) is 0 Å². The number of rotatable bonds is 10. The van der Waals surface area contributed by atoms with Gasteiger partial charge in [-0.25, -0.2) is 0 Å². The van der Waals surface area contributed by atoms with Crippen LogP contribution in [0.1, 0.15) is 63.9 Å². The molecule has 0 saturated carbocycles. The van der Waals surface area contributed by atoms with Gasteiger partial charge in [-0.05, 0) is 30.2 Å². The monoisotopic (exact) mass is 290 g/mol. The first-order valence-corrected chi connectivity index (χ1v) is 7.87. The lowest BCUT2D eigenvalue weighted by Gasteiger charge is -2.01. The van der Waals surface area contributed by atoms with Gasteiger partial charge < -0.3 is 9.84 Å². The molecule has 0 bridgehead atoms. The molecule has 1 aromatic rings. The van der Waals surface area contributed by atoms with E-state index in [0.29, 0.717) is 6.42 Å². The van der Waals surface area contributed by atoms with Crippen LogP contribution in [-0.4, -0.2) is 11.1 Å². The molecular formula is C18H26O3. The highest BCUT2D eigenvalue weighted by atomic mass is 16.5. The van der Waals surface area contributed by atoms with Gasteiger partial charge in [0.2, 0.25) is 0 Å². The fraction of sp³-hybridized carbons (Fsp3) is 0.500. The first-order valence-electron chi connectivity index (χ1n) is 7.87. The third-order valence-corrected chi connectivity index (χ3v) is 3.34. The van der Waals surface area contributed by atoms with Gasteiger partial charge in [0.15, 0.2) is 0 Å². The second-order valence-corrected chi connectivity index (χ2v) is 5.26. The first-order chi connectivity index (χ1) is 10.2. The molecule has 0 aliphatic carbocycles. The van der Waals surface area contributed by atoms with Crippen molar-refractivity contribution < 1.29 is 14.6 Å². The van der Waals surface area contributed by atoms with Crippen molar-refractivity contribution in [1.29, 1.82) is 0 Å². The molecule has 0 fully saturated rings. The quantitative estimate of drug-likeness (QED) is 0.373. The molecular weight excluding hydrogens is 264 g/mol. The number of hydrogen-bond acceptors (Lipinski definition) is 3. The van der Waals surface area contributed by atoms with Gasteiger partial charge in [-0.2, -0.15) is 0 Å². The van der Waals surface area contributed by atoms with Crippen LogP contribution in [0.4, 0.5) is 0 Å². The van der Waals surface area contributed by atoms with Crippen LogP contribution in [0.25, 0.3) is 6.08 Å². The van der Waals surface area contributed by atoms with Crippen molar-refractivity contribution in [3.63, 3.8) is 0 Å². The predicted molar refractivity (Wildman–Crippen MR) is 85.8 cm³/mol. The second kappa shape index (κ2) is 11.0. The Bertz CT molecular complexity index is 421. The summed E-state index contributed by atoms with van der Waals surface area (Å²) in [4.78, 5) is 11.5. The van der Waals surface area contributed by atoms with Crippen molar-refractivity contribution in [3.8, 4) is 5.75 Å². The van der Waals surface area contributed by atoms with E-state index in [1.165, 1.54) is 38.4 Å². The molecule has 116 valence electrons. The lowest BCUT2D eigenvalue weighted by molar-refractivity contribution is -0.138. The minimum Gasteiger partial charge on any atom is -0.508 e. The van der Waals surface area contributed by atoms with Crippen LogP contribution in [0.2, 0.25) is 0 Å². The third-order valence-electron chi connectivity index (χ3n) is 3.34. The van der Waals surface area contributed by atoms with E-state index in [1.54, 1.807) is 30.3 Å². The summed E-state index contributed by atoms with van der Waals surface area (Å²) >= 11 is 0. The highest BCUT2D eigenvalue weighted by Crippen LogP contribution is 2.11. The molecule has 1 aromatic carbocycles. The van der Waals surface area contributed by atoms with Crippen LogP contribution in [0.3, 0.4) is 0 Å². The van der Waals surface area contributed by atoms with Gasteiger partial charge >= 0.3 is 5.97 Å². The van der Waals surface area contributed by atoms with E-state index in [-0.39, 0.29) is 11.7 Å². The number of esters is 1. The van der Waals surface area contributed by atoms with Gasteiger partial charge in [-0.3, -0.25) is 4.79 Å². The Balaban J connectivity index is 2.07. The van der Waals surface area contributed by atoms with E-state index < -0.39 is 0 Å². The molecule has 0 aromatic heterocycles. The lowest BCUT2D eigenvalue weighted by atomic mass is 10.1. The second-order valence-electron chi connectivity index (χ2n) is 5.26. The number of ether oxygens (including phenoxy) is 1. The molecule has 0 aliphatic heterocycles. The van der Waals surface area contributed by atoms with Crippen molar-refractivity contribution in [1.82, 2.24) is 0 Å². The van der Waals surface area contributed by atoms with Crippen molar-refractivity contribution in [2.75, 3.05) is 0 Å². The number of phenolic OH excluding ortho intramolecular Hbond substituents is 1. The van der Waals surface area contributed by atoms with Crippen LogP contribution in [0.5, 0.6) is 5.75 Å². The molecule has 0 amide bonds. The molecule has 0 unspecified atom stereocenters. The molecule has 0 aliphatic rings. The van der Waals surface area contributed by atoms with Crippen molar-refractivity contribution in [3.05, 3.63) is 36.1 Å². The zero-order valence-corrected chi connectivity index (χ0v) is 12.9. The van der Waals surface area contributed by atoms with Crippen LogP contribution in [-0.2, 0) is 9.53 Å². The Kier molecular flexibility index (Phi) is 9.01. The van der Waals surface area contributed by atoms with Gasteiger partial charge in [0.25, 0.3) is 0 Å². The number of hydrogen-bond donors (Lipinski definition) is 1. The van der Waals surface area contributed by atoms with Gasteiger partial charge in [-0.15, -0.1) is 0 Å². The normalized spacial score (nSPS) is 10.9. The van der Waals surface area contributed by atoms with Gasteiger partial charge in [0, 0.05) is 6.42 Å². The zero-order chi connectivity index (χ0) is 15.3. The van der Waals surface area contributed by atoms with Gasteiger partial charge in [0.05, 0.1) is 6.26 Å². The largest absolute Gasteiger partial charge is 0.508 e. The summed E-state index contributed by atoms with van der Waals surface area (Å²) in [5.74, 6) is 0.0432. The Labute approximate surface area is 127 Å². The topological polar surface area (TPSA) is 46.5 Å². The van der Waals surface area contributed by atoms with E-state index in [2.05, 4.69) is 6.92 Å². The maximum Gasteiger partial charge on any atom is 0.310 e. The standard InChI is InChI=1S/C18H26O3/c1-2-3-4-5-6-7-8-9-18(20)21-15-14-16-10-12-17(19)13-11-16/h10-15,19H,2-9H2,1H3. The first kappa shape index (κ1) is 17.3. The van der Waals surface area contributed by atoms with E-state index >= 15 is 0 Å². The fourth-order valence-electron chi connectivity index (χ4n) is 2.06. The molecule has 3 heteroatoms. The summed E-state index contributed by atoms with van der Waals surface area (Å²) in [5, 5.41) is 9.15. The average Bonchev–Trinajstić information content (AvgIpc) is 2.48. The Morgan fingerprint density at radius 2 is 1.67 bits per heavy atom. The summed E-state index contributed by atoms with van der Waals surface area (Å²) in [6.07, 6.45) is 11.9. The smallest absolute Gasteiger partial charge is 0.310 e. The zero-order valence-electron chi connectivity index (χ0n) is 12.9. The van der Waals surface area contributed by atoms with Gasteiger partial charge in [-0.1, -0.05) is 57.6 Å². The van der Waals surface area contributed by atoms with Crippen LogP contribution < -0.4 is 0 Å². The lowest BCUT2D eigenvalue weighted by Crippen LogP contribution is -1.98. The molecule has 0 saturated heterocycles. The van der Waals surface area contributed by atoms with Crippen molar-refractivity contribution in [2.24, 2.45) is 0 Å². The molecule has 3 nitrogen and oxygen atoms in total. The SMILES string of the molecule is CCCCCCCCCC(=O)OC=Cc1ccc(O)cc1. The van der Waals surface area contributed by atoms with Crippen molar-refractivity contribution in [2.45, 2.75) is 58.3 Å². The Morgan fingerprint density at radius 3 is 2.33 bits per heavy atom. The molecule has 1 N–H and O–H groups in total. The molecule has 0 radical (unpaired) electrons. The van der Waals surface area contributed by atoms with Gasteiger partial charge in [0.1, 0.15) is 5.75 Å². The van der Waals surface area contributed by atoms with E-state index in [0.717, 1.165) is 18.4 Å². The third kappa shape index (κ3) is 8.90. The molecule has 21 heavy (non-hydrogen) atoms.